The van der Waals surface area contributed by atoms with Crippen LogP contribution in [0.25, 0.3) is 26.5 Å². The number of nitrogens with zero attached hydrogens (tertiary/aromatic N) is 4. The van der Waals surface area contributed by atoms with Gasteiger partial charge in [0, 0.05) is 17.4 Å². The molecule has 5 rings (SSSR count). The quantitative estimate of drug-likeness (QED) is 0.453. The molecule has 8 nitrogen and oxygen atoms in total. The lowest BCUT2D eigenvalue weighted by molar-refractivity contribution is 0.0998. The fraction of sp³-hybridized carbons (Fsp3) is 0.143. The summed E-state index contributed by atoms with van der Waals surface area (Å²) in [6, 6.07) is 14.7. The van der Waals surface area contributed by atoms with Gasteiger partial charge < -0.3 is 14.5 Å². The summed E-state index contributed by atoms with van der Waals surface area (Å²) in [5, 5.41) is 17.4. The van der Waals surface area contributed by atoms with E-state index in [9.17, 15) is 4.79 Å². The zero-order valence-corrected chi connectivity index (χ0v) is 17.1. The second-order valence-corrected chi connectivity index (χ2v) is 7.55. The minimum Gasteiger partial charge on any atom is -0.495 e. The number of fused-ring (bicyclic) bond motifs is 2. The van der Waals surface area contributed by atoms with Crippen molar-refractivity contribution in [3.05, 3.63) is 60.1 Å². The van der Waals surface area contributed by atoms with Crippen molar-refractivity contribution in [2.45, 2.75) is 13.3 Å². The molecular formula is C21H17N5O3S. The van der Waals surface area contributed by atoms with Crippen molar-refractivity contribution in [2.75, 3.05) is 12.4 Å². The molecule has 2 aromatic carbocycles. The van der Waals surface area contributed by atoms with Crippen LogP contribution in [0.2, 0.25) is 0 Å². The van der Waals surface area contributed by atoms with Crippen LogP contribution in [0, 0.1) is 0 Å². The van der Waals surface area contributed by atoms with Crippen LogP contribution in [-0.4, -0.2) is 32.8 Å². The molecule has 0 atom stereocenters. The smallest absolute Gasteiger partial charge is 0.291 e. The van der Waals surface area contributed by atoms with Crippen LogP contribution in [0.3, 0.4) is 0 Å². The number of furan rings is 1. The van der Waals surface area contributed by atoms with E-state index in [4.69, 9.17) is 9.15 Å². The molecule has 3 aromatic heterocycles. The topological polar surface area (TPSA) is 94.6 Å². The predicted octanol–water partition coefficient (Wildman–Crippen LogP) is 4.42. The van der Waals surface area contributed by atoms with E-state index in [2.05, 4.69) is 20.6 Å². The number of amides is 1. The van der Waals surface area contributed by atoms with Crippen molar-refractivity contribution in [1.82, 2.24) is 19.8 Å². The van der Waals surface area contributed by atoms with Gasteiger partial charge in [-0.3, -0.25) is 4.79 Å². The Morgan fingerprint density at radius 3 is 2.87 bits per heavy atom. The maximum atomic E-state index is 12.8. The van der Waals surface area contributed by atoms with Gasteiger partial charge in [-0.15, -0.1) is 10.2 Å². The predicted molar refractivity (Wildman–Crippen MR) is 114 cm³/mol. The number of anilines is 1. The highest BCUT2D eigenvalue weighted by atomic mass is 32.1. The average Bonchev–Trinajstić information content (AvgIpc) is 3.47. The van der Waals surface area contributed by atoms with E-state index < -0.39 is 0 Å². The zero-order chi connectivity index (χ0) is 20.7. The number of methoxy groups -OCH3 is 1. The first-order valence-electron chi connectivity index (χ1n) is 9.35. The van der Waals surface area contributed by atoms with E-state index in [1.54, 1.807) is 23.8 Å². The molecule has 30 heavy (non-hydrogen) atoms. The summed E-state index contributed by atoms with van der Waals surface area (Å²) in [7, 11) is 1.56. The average molecular weight is 419 g/mol. The normalized spacial score (nSPS) is 11.3. The van der Waals surface area contributed by atoms with Gasteiger partial charge in [-0.1, -0.05) is 36.5 Å². The number of aryl methyl sites for hydroxylation is 1. The summed E-state index contributed by atoms with van der Waals surface area (Å²) in [5.41, 5.74) is 2.03. The molecule has 150 valence electrons. The number of carbonyl (C=O) groups is 1. The maximum Gasteiger partial charge on any atom is 0.291 e. The first-order valence-corrected chi connectivity index (χ1v) is 10.2. The first-order chi connectivity index (χ1) is 14.7. The highest BCUT2D eigenvalue weighted by Gasteiger charge is 2.17. The summed E-state index contributed by atoms with van der Waals surface area (Å²) in [4.78, 5) is 13.5. The minimum absolute atomic E-state index is 0.232. The largest absolute Gasteiger partial charge is 0.495 e. The minimum atomic E-state index is -0.354. The summed E-state index contributed by atoms with van der Waals surface area (Å²) >= 11 is 1.43. The second kappa shape index (κ2) is 7.27. The highest BCUT2D eigenvalue weighted by Crippen LogP contribution is 2.33. The molecule has 0 unspecified atom stereocenters. The standard InChI is InChI=1S/C21H17N5O3S/c1-3-18-23-24-21-26(18)25-20(30-21)13-8-9-16(28-2)14(10-13)22-19(27)17-11-12-6-4-5-7-15(12)29-17/h4-11H,3H2,1-2H3,(H,22,27). The fourth-order valence-electron chi connectivity index (χ4n) is 3.21. The molecule has 0 spiro atoms. The first kappa shape index (κ1) is 18.3. The number of carbonyl (C=O) groups excluding carboxylic acids is 1. The van der Waals surface area contributed by atoms with E-state index >= 15 is 0 Å². The van der Waals surface area contributed by atoms with Crippen molar-refractivity contribution in [1.29, 1.82) is 0 Å². The van der Waals surface area contributed by atoms with Gasteiger partial charge in [0.2, 0.25) is 4.96 Å². The van der Waals surface area contributed by atoms with E-state index in [1.165, 1.54) is 11.3 Å². The number of para-hydroxylation sites is 1. The third-order valence-electron chi connectivity index (χ3n) is 4.72. The van der Waals surface area contributed by atoms with Gasteiger partial charge in [-0.05, 0) is 30.3 Å². The molecular weight excluding hydrogens is 402 g/mol. The van der Waals surface area contributed by atoms with Crippen molar-refractivity contribution < 1.29 is 13.9 Å². The van der Waals surface area contributed by atoms with Crippen LogP contribution < -0.4 is 10.1 Å². The number of nitrogens with one attached hydrogen (secondary N) is 1. The van der Waals surface area contributed by atoms with Crippen molar-refractivity contribution in [2.24, 2.45) is 0 Å². The van der Waals surface area contributed by atoms with Crippen LogP contribution in [0.4, 0.5) is 5.69 Å². The van der Waals surface area contributed by atoms with Gasteiger partial charge in [0.15, 0.2) is 11.6 Å². The number of ether oxygens (including phenoxy) is 1. The molecule has 0 aliphatic rings. The Morgan fingerprint density at radius 1 is 1.20 bits per heavy atom. The van der Waals surface area contributed by atoms with Gasteiger partial charge in [0.25, 0.3) is 5.91 Å². The lowest BCUT2D eigenvalue weighted by Gasteiger charge is -2.10. The van der Waals surface area contributed by atoms with Gasteiger partial charge in [-0.2, -0.15) is 9.61 Å². The molecule has 9 heteroatoms. The van der Waals surface area contributed by atoms with Crippen LogP contribution in [0.5, 0.6) is 5.75 Å². The lowest BCUT2D eigenvalue weighted by Crippen LogP contribution is -2.11. The van der Waals surface area contributed by atoms with Crippen LogP contribution >= 0.6 is 11.3 Å². The summed E-state index contributed by atoms with van der Waals surface area (Å²) in [6.45, 7) is 2.01. The Morgan fingerprint density at radius 2 is 2.07 bits per heavy atom. The Balaban J connectivity index is 1.49. The van der Waals surface area contributed by atoms with Crippen molar-refractivity contribution >= 4 is 38.9 Å². The van der Waals surface area contributed by atoms with Crippen molar-refractivity contribution in [3.63, 3.8) is 0 Å². The Hall–Kier alpha value is -3.72. The number of aromatic nitrogens is 4. The summed E-state index contributed by atoms with van der Waals surface area (Å²) < 4.78 is 12.8. The number of benzene rings is 2. The molecule has 0 aliphatic heterocycles. The molecule has 0 bridgehead atoms. The molecule has 3 heterocycles. The zero-order valence-electron chi connectivity index (χ0n) is 16.2. The molecule has 1 amide bonds. The third-order valence-corrected chi connectivity index (χ3v) is 5.66. The highest BCUT2D eigenvalue weighted by molar-refractivity contribution is 7.19. The molecule has 0 aliphatic carbocycles. The molecule has 0 saturated heterocycles. The number of hydrogen-bond donors (Lipinski definition) is 1. The molecule has 1 N–H and O–H groups in total. The SMILES string of the molecule is CCc1nnc2sc(-c3ccc(OC)c(NC(=O)c4cc5ccccc5o4)c3)nn12. The Kier molecular flexibility index (Phi) is 4.44. The van der Waals surface area contributed by atoms with Crippen molar-refractivity contribution in [3.8, 4) is 16.3 Å². The summed E-state index contributed by atoms with van der Waals surface area (Å²) in [5.74, 6) is 1.22. The summed E-state index contributed by atoms with van der Waals surface area (Å²) in [6.07, 6.45) is 0.742. The lowest BCUT2D eigenvalue weighted by atomic mass is 10.2. The molecule has 0 radical (unpaired) electrons. The fourth-order valence-corrected chi connectivity index (χ4v) is 4.07. The Bertz CT molecular complexity index is 1350. The second-order valence-electron chi connectivity index (χ2n) is 6.59. The van der Waals surface area contributed by atoms with E-state index in [1.807, 2.05) is 43.3 Å². The molecule has 0 saturated carbocycles. The Labute approximate surface area is 175 Å². The van der Waals surface area contributed by atoms with Gasteiger partial charge in [0.05, 0.1) is 12.8 Å². The maximum absolute atomic E-state index is 12.8. The van der Waals surface area contributed by atoms with Crippen LogP contribution in [0.1, 0.15) is 23.3 Å². The number of hydrogen-bond acceptors (Lipinski definition) is 7. The van der Waals surface area contributed by atoms with Crippen LogP contribution in [0.15, 0.2) is 52.9 Å². The number of rotatable bonds is 5. The van der Waals surface area contributed by atoms with E-state index in [0.29, 0.717) is 17.0 Å². The van der Waals surface area contributed by atoms with Gasteiger partial charge in [0.1, 0.15) is 16.3 Å². The van der Waals surface area contributed by atoms with Crippen LogP contribution in [-0.2, 0) is 6.42 Å². The third kappa shape index (κ3) is 3.09. The molecule has 0 fully saturated rings. The van der Waals surface area contributed by atoms with E-state index in [0.717, 1.165) is 33.2 Å². The van der Waals surface area contributed by atoms with E-state index in [-0.39, 0.29) is 11.7 Å². The monoisotopic (exact) mass is 419 g/mol. The van der Waals surface area contributed by atoms with Gasteiger partial charge >= 0.3 is 0 Å². The van der Waals surface area contributed by atoms with Gasteiger partial charge in [-0.25, -0.2) is 0 Å². The molecule has 5 aromatic rings.